The monoisotopic (exact) mass is 236 g/mol. The highest BCUT2D eigenvalue weighted by atomic mass is 79.9. The molecule has 0 bridgehead atoms. The molecule has 0 unspecified atom stereocenters. The standard InChI is InChI=1S/C8H7BrF2O/c1-12-4-6-7(10)2-5(9)3-8(6)11/h2-3H,4H2,1H3. The first-order valence-corrected chi connectivity index (χ1v) is 4.07. The van der Waals surface area contributed by atoms with Crippen molar-refractivity contribution in [2.75, 3.05) is 7.11 Å². The summed E-state index contributed by atoms with van der Waals surface area (Å²) in [7, 11) is 1.39. The molecule has 1 aromatic carbocycles. The Balaban J connectivity index is 3.10. The smallest absolute Gasteiger partial charge is 0.132 e. The Morgan fingerprint density at radius 1 is 1.33 bits per heavy atom. The van der Waals surface area contributed by atoms with Crippen LogP contribution in [0.4, 0.5) is 8.78 Å². The second-order valence-corrected chi connectivity index (χ2v) is 3.20. The van der Waals surface area contributed by atoms with Gasteiger partial charge in [0.2, 0.25) is 0 Å². The minimum absolute atomic E-state index is 0.0410. The van der Waals surface area contributed by atoms with Crippen LogP contribution in [-0.2, 0) is 11.3 Å². The Kier molecular flexibility index (Phi) is 3.17. The van der Waals surface area contributed by atoms with Gasteiger partial charge in [0.05, 0.1) is 6.61 Å². The summed E-state index contributed by atoms with van der Waals surface area (Å²) in [6, 6.07) is 2.41. The van der Waals surface area contributed by atoms with Crippen molar-refractivity contribution in [1.82, 2.24) is 0 Å². The Bertz CT molecular complexity index is 265. The van der Waals surface area contributed by atoms with Crippen molar-refractivity contribution in [3.05, 3.63) is 33.8 Å². The lowest BCUT2D eigenvalue weighted by Crippen LogP contribution is -1.97. The molecule has 0 saturated carbocycles. The van der Waals surface area contributed by atoms with Gasteiger partial charge in [-0.05, 0) is 12.1 Å². The Morgan fingerprint density at radius 2 is 1.83 bits per heavy atom. The van der Waals surface area contributed by atoms with E-state index in [4.69, 9.17) is 0 Å². The minimum atomic E-state index is -0.594. The van der Waals surface area contributed by atoms with E-state index in [9.17, 15) is 8.78 Å². The molecular weight excluding hydrogens is 230 g/mol. The van der Waals surface area contributed by atoms with Crippen molar-refractivity contribution in [2.45, 2.75) is 6.61 Å². The summed E-state index contributed by atoms with van der Waals surface area (Å²) in [6.45, 7) is -0.0506. The van der Waals surface area contributed by atoms with Gasteiger partial charge in [0, 0.05) is 17.1 Å². The lowest BCUT2D eigenvalue weighted by Gasteiger charge is -2.03. The average Bonchev–Trinajstić information content (AvgIpc) is 1.96. The molecule has 0 aliphatic heterocycles. The quantitative estimate of drug-likeness (QED) is 0.768. The van der Waals surface area contributed by atoms with E-state index in [1.165, 1.54) is 19.2 Å². The molecule has 0 aliphatic rings. The summed E-state index contributed by atoms with van der Waals surface area (Å²) in [4.78, 5) is 0. The molecule has 4 heteroatoms. The predicted molar refractivity (Wildman–Crippen MR) is 44.8 cm³/mol. The first kappa shape index (κ1) is 9.61. The van der Waals surface area contributed by atoms with E-state index in [1.54, 1.807) is 0 Å². The molecule has 0 fully saturated rings. The fraction of sp³-hybridized carbons (Fsp3) is 0.250. The van der Waals surface area contributed by atoms with Gasteiger partial charge in [-0.1, -0.05) is 15.9 Å². The highest BCUT2D eigenvalue weighted by Gasteiger charge is 2.09. The molecule has 0 radical (unpaired) electrons. The Labute approximate surface area is 77.5 Å². The van der Waals surface area contributed by atoms with Gasteiger partial charge in [-0.15, -0.1) is 0 Å². The van der Waals surface area contributed by atoms with E-state index in [1.807, 2.05) is 0 Å². The molecule has 0 heterocycles. The number of halogens is 3. The van der Waals surface area contributed by atoms with E-state index in [0.29, 0.717) is 4.47 Å². The Morgan fingerprint density at radius 3 is 2.25 bits per heavy atom. The number of methoxy groups -OCH3 is 1. The minimum Gasteiger partial charge on any atom is -0.380 e. The molecule has 0 spiro atoms. The van der Waals surface area contributed by atoms with Gasteiger partial charge in [0.25, 0.3) is 0 Å². The Hall–Kier alpha value is -0.480. The zero-order chi connectivity index (χ0) is 9.14. The van der Waals surface area contributed by atoms with Crippen LogP contribution in [0.15, 0.2) is 16.6 Å². The third kappa shape index (κ3) is 2.01. The van der Waals surface area contributed by atoms with E-state index in [0.717, 1.165) is 0 Å². The summed E-state index contributed by atoms with van der Waals surface area (Å²) in [6.07, 6.45) is 0. The zero-order valence-corrected chi connectivity index (χ0v) is 7.99. The first-order valence-electron chi connectivity index (χ1n) is 3.27. The second kappa shape index (κ2) is 3.96. The lowest BCUT2D eigenvalue weighted by molar-refractivity contribution is 0.177. The van der Waals surface area contributed by atoms with Gasteiger partial charge in [0.15, 0.2) is 0 Å². The maximum absolute atomic E-state index is 12.9. The summed E-state index contributed by atoms with van der Waals surface area (Å²) in [5, 5.41) is 0. The molecular formula is C8H7BrF2O. The molecule has 1 rings (SSSR count). The van der Waals surface area contributed by atoms with E-state index in [2.05, 4.69) is 20.7 Å². The number of hydrogen-bond donors (Lipinski definition) is 0. The first-order chi connectivity index (χ1) is 5.65. The van der Waals surface area contributed by atoms with Gasteiger partial charge in [-0.25, -0.2) is 8.78 Å². The van der Waals surface area contributed by atoms with Crippen molar-refractivity contribution in [1.29, 1.82) is 0 Å². The molecule has 0 amide bonds. The van der Waals surface area contributed by atoms with Crippen LogP contribution in [0.5, 0.6) is 0 Å². The molecule has 0 aromatic heterocycles. The average molecular weight is 237 g/mol. The summed E-state index contributed by atoms with van der Waals surface area (Å²) in [5.74, 6) is -1.19. The highest BCUT2D eigenvalue weighted by molar-refractivity contribution is 9.10. The van der Waals surface area contributed by atoms with Crippen LogP contribution in [0, 0.1) is 11.6 Å². The molecule has 0 aliphatic carbocycles. The third-order valence-corrected chi connectivity index (χ3v) is 1.85. The van der Waals surface area contributed by atoms with E-state index in [-0.39, 0.29) is 12.2 Å². The maximum atomic E-state index is 12.9. The number of ether oxygens (including phenoxy) is 1. The van der Waals surface area contributed by atoms with Crippen LogP contribution in [0.3, 0.4) is 0 Å². The van der Waals surface area contributed by atoms with Gasteiger partial charge in [0.1, 0.15) is 11.6 Å². The molecule has 66 valence electrons. The zero-order valence-electron chi connectivity index (χ0n) is 6.40. The number of hydrogen-bond acceptors (Lipinski definition) is 1. The van der Waals surface area contributed by atoms with Crippen LogP contribution < -0.4 is 0 Å². The van der Waals surface area contributed by atoms with Crippen LogP contribution >= 0.6 is 15.9 Å². The van der Waals surface area contributed by atoms with Crippen LogP contribution in [0.1, 0.15) is 5.56 Å². The molecule has 0 N–H and O–H groups in total. The van der Waals surface area contributed by atoms with Crippen molar-refractivity contribution in [3.8, 4) is 0 Å². The fourth-order valence-electron chi connectivity index (χ4n) is 0.854. The van der Waals surface area contributed by atoms with Crippen molar-refractivity contribution in [2.24, 2.45) is 0 Å². The fourth-order valence-corrected chi connectivity index (χ4v) is 1.26. The SMILES string of the molecule is COCc1c(F)cc(Br)cc1F. The number of rotatable bonds is 2. The van der Waals surface area contributed by atoms with Gasteiger partial charge in [-0.2, -0.15) is 0 Å². The highest BCUT2D eigenvalue weighted by Crippen LogP contribution is 2.19. The normalized spacial score (nSPS) is 10.3. The third-order valence-electron chi connectivity index (χ3n) is 1.39. The predicted octanol–water partition coefficient (Wildman–Crippen LogP) is 2.87. The van der Waals surface area contributed by atoms with Crippen LogP contribution in [0.25, 0.3) is 0 Å². The molecule has 1 nitrogen and oxygen atoms in total. The summed E-state index contributed by atoms with van der Waals surface area (Å²) in [5.41, 5.74) is -0.0410. The topological polar surface area (TPSA) is 9.23 Å². The number of benzene rings is 1. The van der Waals surface area contributed by atoms with E-state index >= 15 is 0 Å². The van der Waals surface area contributed by atoms with Gasteiger partial charge < -0.3 is 4.74 Å². The molecule has 12 heavy (non-hydrogen) atoms. The van der Waals surface area contributed by atoms with Crippen LogP contribution in [0.2, 0.25) is 0 Å². The van der Waals surface area contributed by atoms with Crippen LogP contribution in [-0.4, -0.2) is 7.11 Å². The van der Waals surface area contributed by atoms with Gasteiger partial charge >= 0.3 is 0 Å². The van der Waals surface area contributed by atoms with Crippen molar-refractivity contribution in [3.63, 3.8) is 0 Å². The van der Waals surface area contributed by atoms with Gasteiger partial charge in [-0.3, -0.25) is 0 Å². The molecule has 0 saturated heterocycles. The summed E-state index contributed by atoms with van der Waals surface area (Å²) < 4.78 is 30.9. The lowest BCUT2D eigenvalue weighted by atomic mass is 10.2. The maximum Gasteiger partial charge on any atom is 0.132 e. The summed E-state index contributed by atoms with van der Waals surface area (Å²) >= 11 is 2.98. The second-order valence-electron chi connectivity index (χ2n) is 2.28. The van der Waals surface area contributed by atoms with E-state index < -0.39 is 11.6 Å². The largest absolute Gasteiger partial charge is 0.380 e. The van der Waals surface area contributed by atoms with Crippen molar-refractivity contribution < 1.29 is 13.5 Å². The molecule has 1 aromatic rings. The van der Waals surface area contributed by atoms with Crippen molar-refractivity contribution >= 4 is 15.9 Å². The molecule has 0 atom stereocenters.